The zero-order valence-electron chi connectivity index (χ0n) is 19.8. The summed E-state index contributed by atoms with van der Waals surface area (Å²) in [5.74, 6) is 0. The molecule has 184 valence electrons. The van der Waals surface area contributed by atoms with Crippen LogP contribution in [0.5, 0.6) is 0 Å². The lowest BCUT2D eigenvalue weighted by Crippen LogP contribution is -2.38. The molecule has 1 saturated heterocycles. The summed E-state index contributed by atoms with van der Waals surface area (Å²) in [6.07, 6.45) is 1.39. The highest BCUT2D eigenvalue weighted by Gasteiger charge is 2.43. The zero-order chi connectivity index (χ0) is 25.0. The van der Waals surface area contributed by atoms with Gasteiger partial charge in [-0.2, -0.15) is 12.7 Å². The molecule has 36 heavy (non-hydrogen) atoms. The molecule has 0 aliphatic carbocycles. The largest absolute Gasteiger partial charge is 0.336 e. The summed E-state index contributed by atoms with van der Waals surface area (Å²) in [6, 6.07) is 41.2. The van der Waals surface area contributed by atoms with Crippen LogP contribution in [0.4, 0.5) is 0 Å². The molecule has 0 spiro atoms. The third kappa shape index (κ3) is 5.78. The summed E-state index contributed by atoms with van der Waals surface area (Å²) >= 11 is 0. The van der Waals surface area contributed by atoms with Gasteiger partial charge in [-0.1, -0.05) is 121 Å². The summed E-state index contributed by atoms with van der Waals surface area (Å²) in [7, 11) is -5.93. The Morgan fingerprint density at radius 1 is 0.667 bits per heavy atom. The highest BCUT2D eigenvalue weighted by atomic mass is 32.2. The molecule has 0 aromatic heterocycles. The minimum atomic E-state index is -4.34. The van der Waals surface area contributed by atoms with Crippen molar-refractivity contribution in [3.63, 3.8) is 0 Å². The molecule has 5 rings (SSSR count). The predicted molar refractivity (Wildman–Crippen MR) is 153 cm³/mol. The van der Waals surface area contributed by atoms with Crippen molar-refractivity contribution in [2.45, 2.75) is 18.1 Å². The van der Waals surface area contributed by atoms with Crippen molar-refractivity contribution >= 4 is 47.4 Å². The van der Waals surface area contributed by atoms with Crippen LogP contribution in [0.15, 0.2) is 121 Å². The van der Waals surface area contributed by atoms with Gasteiger partial charge in [-0.05, 0) is 49.6 Å². The molecule has 1 N–H and O–H groups in total. The summed E-state index contributed by atoms with van der Waals surface area (Å²) in [6.45, 7) is 0.325. The zero-order valence-corrected chi connectivity index (χ0v) is 22.4. The van der Waals surface area contributed by atoms with E-state index in [-0.39, 0.29) is 11.7 Å². The molecular weight excluding hydrogens is 504 g/mol. The van der Waals surface area contributed by atoms with E-state index in [2.05, 4.69) is 48.5 Å². The lowest BCUT2D eigenvalue weighted by atomic mass is 10.2. The third-order valence-electron chi connectivity index (χ3n) is 6.60. The number of hydrogen-bond donors (Lipinski definition) is 1. The fourth-order valence-electron chi connectivity index (χ4n) is 5.03. The Morgan fingerprint density at radius 2 is 1.06 bits per heavy atom. The quantitative estimate of drug-likeness (QED) is 0.268. The fourth-order valence-corrected chi connectivity index (χ4v) is 11.6. The topological polar surface area (TPSA) is 57.6 Å². The molecule has 0 amide bonds. The standard InChI is InChI=1S/C29H29NO3P2S/c31-36(32,33)30-22-29(35(27-17-9-3-10-18-27)28-19-11-4-12-20-28)21-24(30)23-34(25-13-5-1-6-14-25)26-15-7-2-8-16-26/h1-20,24,29H,21-23H2,(H,31,32,33)/t24-,29-/m0/s1. The second-order valence-corrected chi connectivity index (χ2v) is 15.0. The normalized spacial score (nSPS) is 18.6. The maximum atomic E-state index is 12.6. The first-order valence-corrected chi connectivity index (χ1v) is 16.4. The molecule has 1 aliphatic heterocycles. The van der Waals surface area contributed by atoms with Gasteiger partial charge in [0, 0.05) is 18.2 Å². The molecule has 4 aromatic rings. The van der Waals surface area contributed by atoms with E-state index < -0.39 is 26.1 Å². The highest BCUT2D eigenvalue weighted by Crippen LogP contribution is 2.48. The molecule has 2 atom stereocenters. The monoisotopic (exact) mass is 533 g/mol. The van der Waals surface area contributed by atoms with Crippen LogP contribution in [0.25, 0.3) is 0 Å². The average Bonchev–Trinajstić information content (AvgIpc) is 3.34. The van der Waals surface area contributed by atoms with Crippen molar-refractivity contribution in [2.24, 2.45) is 0 Å². The number of rotatable bonds is 8. The third-order valence-corrected chi connectivity index (χ3v) is 13.1. The average molecular weight is 534 g/mol. The number of benzene rings is 4. The molecule has 7 heteroatoms. The second-order valence-electron chi connectivity index (χ2n) is 8.91. The van der Waals surface area contributed by atoms with Crippen LogP contribution >= 0.6 is 15.8 Å². The molecule has 0 unspecified atom stereocenters. The van der Waals surface area contributed by atoms with Crippen molar-refractivity contribution in [1.82, 2.24) is 4.31 Å². The molecular formula is C29H29NO3P2S. The van der Waals surface area contributed by atoms with E-state index in [0.717, 1.165) is 0 Å². The van der Waals surface area contributed by atoms with Gasteiger partial charge in [-0.3, -0.25) is 4.55 Å². The van der Waals surface area contributed by atoms with Crippen molar-refractivity contribution in [3.8, 4) is 0 Å². The first-order valence-electron chi connectivity index (χ1n) is 12.0. The van der Waals surface area contributed by atoms with Crippen LogP contribution in [-0.2, 0) is 10.3 Å². The van der Waals surface area contributed by atoms with Gasteiger partial charge in [-0.15, -0.1) is 0 Å². The Balaban J connectivity index is 1.51. The van der Waals surface area contributed by atoms with Crippen LogP contribution in [0.2, 0.25) is 0 Å². The minimum absolute atomic E-state index is 0.111. The van der Waals surface area contributed by atoms with E-state index in [1.54, 1.807) is 0 Å². The van der Waals surface area contributed by atoms with E-state index in [1.165, 1.54) is 25.5 Å². The van der Waals surface area contributed by atoms with Crippen molar-refractivity contribution in [1.29, 1.82) is 0 Å². The predicted octanol–water partition coefficient (Wildman–Crippen LogP) is 4.50. The number of hydrogen-bond acceptors (Lipinski definition) is 2. The second kappa shape index (κ2) is 11.3. The molecule has 1 heterocycles. The summed E-state index contributed by atoms with van der Waals surface area (Å²) < 4.78 is 36.9. The van der Waals surface area contributed by atoms with E-state index in [0.29, 0.717) is 19.1 Å². The van der Waals surface area contributed by atoms with Crippen LogP contribution in [0, 0.1) is 0 Å². The van der Waals surface area contributed by atoms with Gasteiger partial charge in [0.2, 0.25) is 0 Å². The molecule has 1 aliphatic rings. The Hall–Kier alpha value is -2.39. The SMILES string of the molecule is O=S(=O)(O)N1C[C@@H](P(c2ccccc2)c2ccccc2)C[C@H]1CP(c1ccccc1)c1ccccc1. The van der Waals surface area contributed by atoms with E-state index >= 15 is 0 Å². The van der Waals surface area contributed by atoms with Gasteiger partial charge in [-0.25, -0.2) is 0 Å². The highest BCUT2D eigenvalue weighted by molar-refractivity contribution is 7.83. The van der Waals surface area contributed by atoms with Crippen molar-refractivity contribution in [3.05, 3.63) is 121 Å². The van der Waals surface area contributed by atoms with Gasteiger partial charge in [0.1, 0.15) is 0 Å². The summed E-state index contributed by atoms with van der Waals surface area (Å²) in [5, 5.41) is 4.89. The number of nitrogens with zero attached hydrogens (tertiary/aromatic N) is 1. The van der Waals surface area contributed by atoms with Crippen molar-refractivity contribution in [2.75, 3.05) is 12.7 Å². The van der Waals surface area contributed by atoms with Gasteiger partial charge in [0.15, 0.2) is 0 Å². The van der Waals surface area contributed by atoms with Gasteiger partial charge in [0.25, 0.3) is 0 Å². The van der Waals surface area contributed by atoms with Gasteiger partial charge >= 0.3 is 10.3 Å². The van der Waals surface area contributed by atoms with Gasteiger partial charge < -0.3 is 0 Å². The molecule has 0 radical (unpaired) electrons. The van der Waals surface area contributed by atoms with Crippen molar-refractivity contribution < 1.29 is 13.0 Å². The van der Waals surface area contributed by atoms with Crippen LogP contribution < -0.4 is 21.2 Å². The lowest BCUT2D eigenvalue weighted by Gasteiger charge is -2.26. The van der Waals surface area contributed by atoms with Gasteiger partial charge in [0.05, 0.1) is 0 Å². The molecule has 4 aromatic carbocycles. The first-order chi connectivity index (χ1) is 17.5. The lowest BCUT2D eigenvalue weighted by molar-refractivity contribution is 0.350. The van der Waals surface area contributed by atoms with Crippen LogP contribution in [0.1, 0.15) is 6.42 Å². The molecule has 1 fully saturated rings. The first kappa shape index (κ1) is 25.3. The Kier molecular flexibility index (Phi) is 7.96. The summed E-state index contributed by atoms with van der Waals surface area (Å²) in [4.78, 5) is 0. The van der Waals surface area contributed by atoms with E-state index in [9.17, 15) is 13.0 Å². The molecule has 0 saturated carbocycles. The van der Waals surface area contributed by atoms with E-state index in [1.807, 2.05) is 72.8 Å². The maximum Gasteiger partial charge on any atom is 0.336 e. The molecule has 4 nitrogen and oxygen atoms in total. The Labute approximate surface area is 216 Å². The smallest absolute Gasteiger partial charge is 0.273 e. The maximum absolute atomic E-state index is 12.6. The Bertz CT molecular complexity index is 1280. The van der Waals surface area contributed by atoms with Crippen LogP contribution in [0.3, 0.4) is 0 Å². The van der Waals surface area contributed by atoms with E-state index in [4.69, 9.17) is 0 Å². The Morgan fingerprint density at radius 3 is 1.44 bits per heavy atom. The molecule has 0 bridgehead atoms. The minimum Gasteiger partial charge on any atom is -0.273 e. The fraction of sp³-hybridized carbons (Fsp3) is 0.172. The van der Waals surface area contributed by atoms with Crippen LogP contribution in [-0.4, -0.2) is 41.7 Å². The summed E-state index contributed by atoms with van der Waals surface area (Å²) in [5.41, 5.74) is 0.111.